The average molecular weight is 266 g/mol. The number of carbonyl (C=O) groups excluding carboxylic acids is 1. The molecule has 1 aliphatic rings. The quantitative estimate of drug-likeness (QED) is 0.906. The highest BCUT2D eigenvalue weighted by Gasteiger charge is 2.21. The Bertz CT molecular complexity index is 751. The normalized spacial score (nSPS) is 15.3. The molecule has 0 spiro atoms. The lowest BCUT2D eigenvalue weighted by molar-refractivity contribution is -0.131. The number of rotatable bonds is 2. The zero-order chi connectivity index (χ0) is 14.1. The summed E-state index contributed by atoms with van der Waals surface area (Å²) in [6.45, 7) is 2.49. The van der Waals surface area contributed by atoms with Gasteiger partial charge in [0.2, 0.25) is 5.91 Å². The van der Waals surface area contributed by atoms with Crippen molar-refractivity contribution in [3.05, 3.63) is 35.5 Å². The van der Waals surface area contributed by atoms with Crippen molar-refractivity contribution in [2.24, 2.45) is 5.10 Å². The van der Waals surface area contributed by atoms with Gasteiger partial charge in [-0.3, -0.25) is 4.79 Å². The second-order valence-electron chi connectivity index (χ2n) is 4.70. The number of aromatic nitrogens is 1. The van der Waals surface area contributed by atoms with Crippen molar-refractivity contribution >= 4 is 22.5 Å². The van der Waals surface area contributed by atoms with E-state index >= 15 is 0 Å². The molecule has 0 fully saturated rings. The Morgan fingerprint density at radius 2 is 2.30 bits per heavy atom. The molecule has 0 bridgehead atoms. The van der Waals surface area contributed by atoms with Crippen LogP contribution in [-0.2, 0) is 4.79 Å². The molecule has 0 unspecified atom stereocenters. The zero-order valence-corrected chi connectivity index (χ0v) is 11.2. The Morgan fingerprint density at radius 3 is 3.05 bits per heavy atom. The summed E-state index contributed by atoms with van der Waals surface area (Å²) in [6.07, 6.45) is 2.99. The third-order valence-corrected chi connectivity index (χ3v) is 3.55. The topological polar surface area (TPSA) is 72.2 Å². The maximum atomic E-state index is 11.7. The fraction of sp³-hybridized carbons (Fsp3) is 0.267. The molecule has 1 amide bonds. The van der Waals surface area contributed by atoms with E-state index in [1.807, 2.05) is 25.3 Å². The second-order valence-corrected chi connectivity index (χ2v) is 4.70. The van der Waals surface area contributed by atoms with Crippen molar-refractivity contribution < 1.29 is 4.79 Å². The van der Waals surface area contributed by atoms with Crippen molar-refractivity contribution in [2.45, 2.75) is 19.8 Å². The number of benzene rings is 1. The van der Waals surface area contributed by atoms with Gasteiger partial charge in [0.1, 0.15) is 6.07 Å². The Morgan fingerprint density at radius 1 is 1.45 bits per heavy atom. The molecule has 20 heavy (non-hydrogen) atoms. The molecular weight excluding hydrogens is 252 g/mol. The summed E-state index contributed by atoms with van der Waals surface area (Å²) in [5, 5.41) is 16.0. The fourth-order valence-electron chi connectivity index (χ4n) is 2.53. The van der Waals surface area contributed by atoms with Crippen molar-refractivity contribution in [2.75, 3.05) is 6.54 Å². The predicted octanol–water partition coefficient (Wildman–Crippen LogP) is 2.39. The highest BCUT2D eigenvalue weighted by Crippen LogP contribution is 2.25. The Kier molecular flexibility index (Phi) is 2.99. The third kappa shape index (κ3) is 1.86. The summed E-state index contributed by atoms with van der Waals surface area (Å²) in [5.41, 5.74) is 3.32. The lowest BCUT2D eigenvalue weighted by atomic mass is 10.0. The van der Waals surface area contributed by atoms with Gasteiger partial charge in [0.05, 0.1) is 16.8 Å². The molecule has 5 heteroatoms. The largest absolute Gasteiger partial charge is 0.359 e. The molecule has 3 rings (SSSR count). The van der Waals surface area contributed by atoms with Crippen LogP contribution in [0.25, 0.3) is 10.9 Å². The van der Waals surface area contributed by atoms with Gasteiger partial charge >= 0.3 is 0 Å². The van der Waals surface area contributed by atoms with E-state index in [2.05, 4.69) is 16.2 Å². The van der Waals surface area contributed by atoms with Gasteiger partial charge in [0.25, 0.3) is 0 Å². The smallest absolute Gasteiger partial charge is 0.243 e. The number of hydrogen-bond donors (Lipinski definition) is 1. The Hall–Kier alpha value is -2.61. The lowest BCUT2D eigenvalue weighted by Crippen LogP contribution is -2.31. The minimum Gasteiger partial charge on any atom is -0.359 e. The van der Waals surface area contributed by atoms with Crippen LogP contribution in [0.15, 0.2) is 29.5 Å². The van der Waals surface area contributed by atoms with Gasteiger partial charge in [-0.1, -0.05) is 12.1 Å². The molecule has 0 aliphatic carbocycles. The number of aromatic amines is 1. The summed E-state index contributed by atoms with van der Waals surface area (Å²) >= 11 is 0. The molecule has 0 radical (unpaired) electrons. The van der Waals surface area contributed by atoms with E-state index in [0.29, 0.717) is 24.9 Å². The van der Waals surface area contributed by atoms with Gasteiger partial charge in [-0.15, -0.1) is 0 Å². The van der Waals surface area contributed by atoms with Crippen molar-refractivity contribution in [3.8, 4) is 6.07 Å². The lowest BCUT2D eigenvalue weighted by Gasteiger charge is -2.21. The number of carbonyl (C=O) groups is 1. The van der Waals surface area contributed by atoms with E-state index in [4.69, 9.17) is 5.26 Å². The van der Waals surface area contributed by atoms with Crippen LogP contribution in [0.3, 0.4) is 0 Å². The fourth-order valence-corrected chi connectivity index (χ4v) is 2.53. The first-order valence-corrected chi connectivity index (χ1v) is 6.63. The SMILES string of the molecule is CCN1N=C(c2c[nH]c3c(C#N)cccc23)CCC1=O. The molecule has 100 valence electrons. The number of hydrogen-bond acceptors (Lipinski definition) is 3. The van der Waals surface area contributed by atoms with Gasteiger partial charge in [0.15, 0.2) is 0 Å². The molecule has 0 atom stereocenters. The van der Waals surface area contributed by atoms with Gasteiger partial charge in [0, 0.05) is 36.5 Å². The van der Waals surface area contributed by atoms with Crippen molar-refractivity contribution in [1.29, 1.82) is 5.26 Å². The number of fused-ring (bicyclic) bond motifs is 1. The summed E-state index contributed by atoms with van der Waals surface area (Å²) in [6, 6.07) is 7.80. The zero-order valence-electron chi connectivity index (χ0n) is 11.2. The molecular formula is C15H14N4O. The average Bonchev–Trinajstić information content (AvgIpc) is 2.91. The van der Waals surface area contributed by atoms with Gasteiger partial charge in [-0.25, -0.2) is 5.01 Å². The second kappa shape index (κ2) is 4.82. The number of hydrazone groups is 1. The number of amides is 1. The number of nitriles is 1. The van der Waals surface area contributed by atoms with Crippen LogP contribution < -0.4 is 0 Å². The molecule has 2 heterocycles. The van der Waals surface area contributed by atoms with Crippen LogP contribution in [0.5, 0.6) is 0 Å². The minimum absolute atomic E-state index is 0.0637. The van der Waals surface area contributed by atoms with Crippen LogP contribution >= 0.6 is 0 Å². The first-order chi connectivity index (χ1) is 9.74. The highest BCUT2D eigenvalue weighted by molar-refractivity contribution is 6.13. The first-order valence-electron chi connectivity index (χ1n) is 6.63. The Balaban J connectivity index is 2.12. The number of para-hydroxylation sites is 1. The molecule has 0 saturated heterocycles. The monoisotopic (exact) mass is 266 g/mol. The molecule has 1 aliphatic heterocycles. The highest BCUT2D eigenvalue weighted by atomic mass is 16.2. The van der Waals surface area contributed by atoms with Gasteiger partial charge in [-0.2, -0.15) is 10.4 Å². The molecule has 5 nitrogen and oxygen atoms in total. The molecule has 2 aromatic rings. The predicted molar refractivity (Wildman–Crippen MR) is 76.2 cm³/mol. The number of nitrogens with zero attached hydrogens (tertiary/aromatic N) is 3. The summed E-state index contributed by atoms with van der Waals surface area (Å²) in [7, 11) is 0. The van der Waals surface area contributed by atoms with Gasteiger partial charge < -0.3 is 4.98 Å². The standard InChI is InChI=1S/C15H14N4O/c1-2-19-14(20)7-6-13(18-19)12-9-17-15-10(8-16)4-3-5-11(12)15/h3-5,9,17H,2,6-7H2,1H3. The van der Waals surface area contributed by atoms with Gasteiger partial charge in [-0.05, 0) is 13.0 Å². The van der Waals surface area contributed by atoms with E-state index in [9.17, 15) is 4.79 Å². The van der Waals surface area contributed by atoms with Crippen LogP contribution in [0.4, 0.5) is 0 Å². The molecule has 1 aromatic carbocycles. The number of nitrogens with one attached hydrogen (secondary N) is 1. The van der Waals surface area contributed by atoms with Crippen molar-refractivity contribution in [1.82, 2.24) is 9.99 Å². The van der Waals surface area contributed by atoms with E-state index in [1.165, 1.54) is 5.01 Å². The Labute approximate surface area is 116 Å². The van der Waals surface area contributed by atoms with Crippen LogP contribution in [0.1, 0.15) is 30.9 Å². The van der Waals surface area contributed by atoms with Crippen LogP contribution in [-0.4, -0.2) is 28.2 Å². The van der Waals surface area contributed by atoms with E-state index in [0.717, 1.165) is 22.2 Å². The van der Waals surface area contributed by atoms with Crippen molar-refractivity contribution in [3.63, 3.8) is 0 Å². The van der Waals surface area contributed by atoms with E-state index in [1.54, 1.807) is 6.07 Å². The van der Waals surface area contributed by atoms with E-state index < -0.39 is 0 Å². The summed E-state index contributed by atoms with van der Waals surface area (Å²) in [4.78, 5) is 14.8. The van der Waals surface area contributed by atoms with Crippen LogP contribution in [0.2, 0.25) is 0 Å². The minimum atomic E-state index is 0.0637. The third-order valence-electron chi connectivity index (χ3n) is 3.55. The first kappa shape index (κ1) is 12.4. The van der Waals surface area contributed by atoms with E-state index in [-0.39, 0.29) is 5.91 Å². The maximum Gasteiger partial charge on any atom is 0.243 e. The summed E-state index contributed by atoms with van der Waals surface area (Å²) < 4.78 is 0. The number of H-pyrrole nitrogens is 1. The summed E-state index contributed by atoms with van der Waals surface area (Å²) in [5.74, 6) is 0.0637. The molecule has 0 saturated carbocycles. The van der Waals surface area contributed by atoms with Crippen LogP contribution in [0, 0.1) is 11.3 Å². The maximum absolute atomic E-state index is 11.7. The molecule has 1 N–H and O–H groups in total. The molecule has 1 aromatic heterocycles.